The molecule has 0 bridgehead atoms. The van der Waals surface area contributed by atoms with Gasteiger partial charge in [-0.1, -0.05) is 34.1 Å². The SMILES string of the molecule is CN(CC(=O)OCc1ccccc1Br)NC(=O)C[C@@H](N)[C@H]1C[C@H]1CN. The molecule has 0 aliphatic heterocycles. The molecule has 0 spiro atoms. The first-order valence-corrected chi connectivity index (χ1v) is 9.05. The molecule has 8 heteroatoms. The zero-order chi connectivity index (χ0) is 18.4. The van der Waals surface area contributed by atoms with Gasteiger partial charge < -0.3 is 16.2 Å². The summed E-state index contributed by atoms with van der Waals surface area (Å²) in [5.41, 5.74) is 15.1. The van der Waals surface area contributed by atoms with E-state index < -0.39 is 5.97 Å². The van der Waals surface area contributed by atoms with Gasteiger partial charge in [-0.3, -0.25) is 15.0 Å². The highest BCUT2D eigenvalue weighted by molar-refractivity contribution is 9.10. The van der Waals surface area contributed by atoms with Crippen molar-refractivity contribution in [1.29, 1.82) is 0 Å². The minimum Gasteiger partial charge on any atom is -0.460 e. The number of hydrazine groups is 1. The molecule has 7 nitrogen and oxygen atoms in total. The Balaban J connectivity index is 1.67. The summed E-state index contributed by atoms with van der Waals surface area (Å²) in [6, 6.07) is 7.33. The lowest BCUT2D eigenvalue weighted by molar-refractivity contribution is -0.147. The highest BCUT2D eigenvalue weighted by Gasteiger charge is 2.40. The van der Waals surface area contributed by atoms with Crippen molar-refractivity contribution in [3.05, 3.63) is 34.3 Å². The molecule has 2 rings (SSSR count). The second-order valence-corrected chi connectivity index (χ2v) is 7.26. The largest absolute Gasteiger partial charge is 0.460 e. The van der Waals surface area contributed by atoms with Crippen LogP contribution in [0.25, 0.3) is 0 Å². The van der Waals surface area contributed by atoms with E-state index in [1.54, 1.807) is 7.05 Å². The summed E-state index contributed by atoms with van der Waals surface area (Å²) >= 11 is 3.40. The van der Waals surface area contributed by atoms with E-state index in [1.165, 1.54) is 5.01 Å². The zero-order valence-electron chi connectivity index (χ0n) is 14.3. The van der Waals surface area contributed by atoms with Crippen LogP contribution < -0.4 is 16.9 Å². The molecule has 3 atom stereocenters. The quantitative estimate of drug-likeness (QED) is 0.408. The number of nitrogens with two attached hydrogens (primary N) is 2. The number of carbonyl (C=O) groups excluding carboxylic acids is 2. The average Bonchev–Trinajstić information content (AvgIpc) is 3.33. The molecular formula is C17H25BrN4O3. The molecule has 1 aromatic carbocycles. The highest BCUT2D eigenvalue weighted by Crippen LogP contribution is 2.40. The van der Waals surface area contributed by atoms with Crippen molar-refractivity contribution in [3.63, 3.8) is 0 Å². The summed E-state index contributed by atoms with van der Waals surface area (Å²) in [5, 5.41) is 1.41. The maximum Gasteiger partial charge on any atom is 0.322 e. The molecule has 0 radical (unpaired) electrons. The molecular weight excluding hydrogens is 388 g/mol. The molecule has 1 aromatic rings. The lowest BCUT2D eigenvalue weighted by atomic mass is 10.1. The van der Waals surface area contributed by atoms with Crippen molar-refractivity contribution in [2.24, 2.45) is 23.3 Å². The van der Waals surface area contributed by atoms with Crippen LogP contribution in [0.3, 0.4) is 0 Å². The van der Waals surface area contributed by atoms with Crippen LogP contribution in [0.2, 0.25) is 0 Å². The third-order valence-corrected chi connectivity index (χ3v) is 5.05. The molecule has 0 heterocycles. The number of rotatable bonds is 9. The summed E-state index contributed by atoms with van der Waals surface area (Å²) in [4.78, 5) is 23.8. The van der Waals surface area contributed by atoms with E-state index in [-0.39, 0.29) is 31.5 Å². The van der Waals surface area contributed by atoms with Crippen molar-refractivity contribution in [2.45, 2.75) is 25.5 Å². The minimum absolute atomic E-state index is 0.0414. The van der Waals surface area contributed by atoms with Gasteiger partial charge in [0.2, 0.25) is 5.91 Å². The second-order valence-electron chi connectivity index (χ2n) is 6.41. The van der Waals surface area contributed by atoms with Crippen LogP contribution in [0, 0.1) is 11.8 Å². The number of likely N-dealkylation sites (N-methyl/N-ethyl adjacent to an activating group) is 1. The maximum atomic E-state index is 12.0. The Morgan fingerprint density at radius 1 is 1.44 bits per heavy atom. The number of nitrogens with one attached hydrogen (secondary N) is 1. The Hall–Kier alpha value is -1.48. The second kappa shape index (κ2) is 9.28. The van der Waals surface area contributed by atoms with Crippen molar-refractivity contribution in [3.8, 4) is 0 Å². The van der Waals surface area contributed by atoms with Crippen molar-refractivity contribution in [2.75, 3.05) is 20.1 Å². The number of benzene rings is 1. The summed E-state index contributed by atoms with van der Waals surface area (Å²) < 4.78 is 6.10. The number of hydrogen-bond acceptors (Lipinski definition) is 6. The molecule has 1 saturated carbocycles. The zero-order valence-corrected chi connectivity index (χ0v) is 15.9. The van der Waals surface area contributed by atoms with Gasteiger partial charge >= 0.3 is 5.97 Å². The molecule has 0 aromatic heterocycles. The number of amides is 1. The van der Waals surface area contributed by atoms with E-state index in [9.17, 15) is 9.59 Å². The van der Waals surface area contributed by atoms with E-state index in [0.717, 1.165) is 16.5 Å². The summed E-state index contributed by atoms with van der Waals surface area (Å²) in [7, 11) is 1.61. The molecule has 1 amide bonds. The third kappa shape index (κ3) is 6.39. The van der Waals surface area contributed by atoms with Crippen LogP contribution in [0.15, 0.2) is 28.7 Å². The number of halogens is 1. The number of carbonyl (C=O) groups is 2. The van der Waals surface area contributed by atoms with Crippen molar-refractivity contribution >= 4 is 27.8 Å². The molecule has 25 heavy (non-hydrogen) atoms. The van der Waals surface area contributed by atoms with Crippen LogP contribution >= 0.6 is 15.9 Å². The molecule has 0 unspecified atom stereocenters. The number of nitrogens with zero attached hydrogens (tertiary/aromatic N) is 1. The smallest absolute Gasteiger partial charge is 0.322 e. The van der Waals surface area contributed by atoms with Gasteiger partial charge in [-0.15, -0.1) is 0 Å². The molecule has 5 N–H and O–H groups in total. The Morgan fingerprint density at radius 3 is 2.80 bits per heavy atom. The molecule has 1 aliphatic rings. The molecule has 1 fully saturated rings. The highest BCUT2D eigenvalue weighted by atomic mass is 79.9. The Labute approximate surface area is 156 Å². The lowest BCUT2D eigenvalue weighted by Crippen LogP contribution is -2.44. The summed E-state index contributed by atoms with van der Waals surface area (Å²) in [5.74, 6) is 0.132. The van der Waals surface area contributed by atoms with Crippen LogP contribution in [0.4, 0.5) is 0 Å². The first-order valence-electron chi connectivity index (χ1n) is 8.26. The normalized spacial score (nSPS) is 20.2. The van der Waals surface area contributed by atoms with Crippen LogP contribution in [0.1, 0.15) is 18.4 Å². The van der Waals surface area contributed by atoms with Gasteiger partial charge in [0.25, 0.3) is 0 Å². The Morgan fingerprint density at radius 2 is 2.16 bits per heavy atom. The topological polar surface area (TPSA) is 111 Å². The van der Waals surface area contributed by atoms with Gasteiger partial charge in [0, 0.05) is 29.5 Å². The van der Waals surface area contributed by atoms with Crippen molar-refractivity contribution in [1.82, 2.24) is 10.4 Å². The van der Waals surface area contributed by atoms with Crippen molar-refractivity contribution < 1.29 is 14.3 Å². The molecule has 1 aliphatic carbocycles. The minimum atomic E-state index is -0.423. The van der Waals surface area contributed by atoms with E-state index in [4.69, 9.17) is 16.2 Å². The van der Waals surface area contributed by atoms with Gasteiger partial charge in [0.15, 0.2) is 0 Å². The fourth-order valence-corrected chi connectivity index (χ4v) is 3.14. The van der Waals surface area contributed by atoms with Crippen LogP contribution in [-0.4, -0.2) is 43.1 Å². The molecule has 0 saturated heterocycles. The van der Waals surface area contributed by atoms with Gasteiger partial charge in [-0.25, -0.2) is 5.01 Å². The third-order valence-electron chi connectivity index (χ3n) is 4.28. The van der Waals surface area contributed by atoms with Gasteiger partial charge in [0.1, 0.15) is 13.2 Å². The first kappa shape index (κ1) is 19.8. The lowest BCUT2D eigenvalue weighted by Gasteiger charge is -2.19. The monoisotopic (exact) mass is 412 g/mol. The fraction of sp³-hybridized carbons (Fsp3) is 0.529. The van der Waals surface area contributed by atoms with Gasteiger partial charge in [-0.05, 0) is 30.9 Å². The fourth-order valence-electron chi connectivity index (χ4n) is 2.74. The van der Waals surface area contributed by atoms with Crippen LogP contribution in [-0.2, 0) is 20.9 Å². The maximum absolute atomic E-state index is 12.0. The Bertz CT molecular complexity index is 613. The number of ether oxygens (including phenoxy) is 1. The van der Waals surface area contributed by atoms with Gasteiger partial charge in [0.05, 0.1) is 0 Å². The summed E-state index contributed by atoms with van der Waals surface area (Å²) in [6.45, 7) is 0.749. The number of esters is 1. The van der Waals surface area contributed by atoms with E-state index in [2.05, 4.69) is 21.4 Å². The van der Waals surface area contributed by atoms with Gasteiger partial charge in [-0.2, -0.15) is 0 Å². The predicted molar refractivity (Wildman–Crippen MR) is 98.0 cm³/mol. The van der Waals surface area contributed by atoms with E-state index in [0.29, 0.717) is 18.4 Å². The summed E-state index contributed by atoms with van der Waals surface area (Å²) in [6.07, 6.45) is 1.21. The molecule has 138 valence electrons. The average molecular weight is 413 g/mol. The predicted octanol–water partition coefficient (Wildman–Crippen LogP) is 0.768. The van der Waals surface area contributed by atoms with Crippen LogP contribution in [0.5, 0.6) is 0 Å². The standard InChI is InChI=1S/C17H25BrN4O3/c1-22(21-16(23)7-15(20)13-6-12(13)8-19)9-17(24)25-10-11-4-2-3-5-14(11)18/h2-5,12-13,15H,6-10,19-20H2,1H3,(H,21,23)/t12-,13-,15+/m0/s1. The number of hydrogen-bond donors (Lipinski definition) is 3. The van der Waals surface area contributed by atoms with E-state index >= 15 is 0 Å². The first-order chi connectivity index (χ1) is 11.9. The Kier molecular flexibility index (Phi) is 7.37. The van der Waals surface area contributed by atoms with E-state index in [1.807, 2.05) is 24.3 Å².